The Balaban J connectivity index is 4.37. The first-order chi connectivity index (χ1) is 7.75. The highest BCUT2D eigenvalue weighted by atomic mass is 28.4. The monoisotopic (exact) mass is 259 g/mol. The third kappa shape index (κ3) is 8.52. The lowest BCUT2D eigenvalue weighted by Crippen LogP contribution is -2.51. The fourth-order valence-corrected chi connectivity index (χ4v) is 1.81. The van der Waals surface area contributed by atoms with Crippen molar-refractivity contribution in [2.75, 3.05) is 0 Å². The number of rotatable bonds is 9. The molecule has 0 fully saturated rings. The summed E-state index contributed by atoms with van der Waals surface area (Å²) in [4.78, 5) is 0. The van der Waals surface area contributed by atoms with Crippen LogP contribution in [-0.2, 0) is 13.6 Å². The normalized spacial score (nSPS) is 10.6. The van der Waals surface area contributed by atoms with E-state index in [1.165, 1.54) is 0 Å². The van der Waals surface area contributed by atoms with Gasteiger partial charge in [0.2, 0.25) is 0 Å². The second-order valence-corrected chi connectivity index (χ2v) is 6.15. The standard InChI is InChI=1S/C10H21N3O3Si/c1-8(2)11-14-17(7,15-12-9(3)4)16-13-10(5)6/h11-13H,1,3,5H2,2,4,6-7H3. The van der Waals surface area contributed by atoms with Gasteiger partial charge in [-0.1, -0.05) is 19.7 Å². The molecule has 0 rings (SSSR count). The highest BCUT2D eigenvalue weighted by Crippen LogP contribution is 2.06. The van der Waals surface area contributed by atoms with Crippen molar-refractivity contribution < 1.29 is 13.6 Å². The van der Waals surface area contributed by atoms with Gasteiger partial charge in [0.25, 0.3) is 0 Å². The van der Waals surface area contributed by atoms with Gasteiger partial charge in [-0.05, 0) is 20.8 Å². The van der Waals surface area contributed by atoms with Crippen molar-refractivity contribution in [3.63, 3.8) is 0 Å². The molecule has 0 aromatic heterocycles. The smallest absolute Gasteiger partial charge is 0.279 e. The Bertz CT molecular complexity index is 262. The fraction of sp³-hybridized carbons (Fsp3) is 0.400. The minimum absolute atomic E-state index is 0.640. The lowest BCUT2D eigenvalue weighted by atomic mass is 10.6. The van der Waals surface area contributed by atoms with Crippen LogP contribution in [-0.4, -0.2) is 8.80 Å². The van der Waals surface area contributed by atoms with Crippen molar-refractivity contribution in [1.82, 2.24) is 16.4 Å². The molecular weight excluding hydrogens is 238 g/mol. The van der Waals surface area contributed by atoms with Crippen molar-refractivity contribution in [2.45, 2.75) is 27.3 Å². The van der Waals surface area contributed by atoms with Crippen LogP contribution in [0.15, 0.2) is 36.8 Å². The topological polar surface area (TPSA) is 63.8 Å². The maximum Gasteiger partial charge on any atom is 0.563 e. The minimum Gasteiger partial charge on any atom is -0.279 e. The molecule has 0 atom stereocenters. The van der Waals surface area contributed by atoms with Crippen molar-refractivity contribution >= 4 is 8.80 Å². The molecule has 0 aliphatic heterocycles. The molecule has 0 spiro atoms. The van der Waals surface area contributed by atoms with Gasteiger partial charge in [0.1, 0.15) is 0 Å². The molecule has 0 heterocycles. The van der Waals surface area contributed by atoms with E-state index in [-0.39, 0.29) is 0 Å². The predicted octanol–water partition coefficient (Wildman–Crippen LogP) is 1.72. The molecule has 0 aliphatic rings. The lowest BCUT2D eigenvalue weighted by molar-refractivity contribution is -0.0105. The molecule has 0 aromatic rings. The van der Waals surface area contributed by atoms with E-state index < -0.39 is 8.80 Å². The van der Waals surface area contributed by atoms with Crippen molar-refractivity contribution in [1.29, 1.82) is 0 Å². The summed E-state index contributed by atoms with van der Waals surface area (Å²) in [6.45, 7) is 17.9. The summed E-state index contributed by atoms with van der Waals surface area (Å²) in [6.07, 6.45) is 0. The van der Waals surface area contributed by atoms with E-state index in [9.17, 15) is 0 Å². The summed E-state index contributed by atoms with van der Waals surface area (Å²) in [5, 5.41) is 0. The molecule has 0 bridgehead atoms. The summed E-state index contributed by atoms with van der Waals surface area (Å²) in [5.74, 6) is 0. The fourth-order valence-electron chi connectivity index (χ4n) is 0.602. The summed E-state index contributed by atoms with van der Waals surface area (Å²) in [6, 6.07) is 0. The summed E-state index contributed by atoms with van der Waals surface area (Å²) >= 11 is 0. The number of allylic oxidation sites excluding steroid dienone is 3. The Labute approximate surface area is 104 Å². The predicted molar refractivity (Wildman–Crippen MR) is 68.7 cm³/mol. The third-order valence-electron chi connectivity index (χ3n) is 1.23. The van der Waals surface area contributed by atoms with Gasteiger partial charge in [0.05, 0.1) is 0 Å². The zero-order valence-corrected chi connectivity index (χ0v) is 11.8. The average molecular weight is 259 g/mol. The van der Waals surface area contributed by atoms with Crippen LogP contribution in [0.4, 0.5) is 0 Å². The van der Waals surface area contributed by atoms with Gasteiger partial charge in [-0.15, -0.1) is 0 Å². The number of hydrogen-bond donors (Lipinski definition) is 3. The summed E-state index contributed by atoms with van der Waals surface area (Å²) in [7, 11) is -2.95. The molecule has 6 nitrogen and oxygen atoms in total. The maximum absolute atomic E-state index is 5.33. The highest BCUT2D eigenvalue weighted by molar-refractivity contribution is 6.58. The highest BCUT2D eigenvalue weighted by Gasteiger charge is 2.38. The first-order valence-electron chi connectivity index (χ1n) is 5.04. The van der Waals surface area contributed by atoms with E-state index in [1.807, 2.05) is 0 Å². The van der Waals surface area contributed by atoms with E-state index in [4.69, 9.17) is 13.6 Å². The van der Waals surface area contributed by atoms with E-state index in [2.05, 4.69) is 36.2 Å². The van der Waals surface area contributed by atoms with Gasteiger partial charge in [-0.3, -0.25) is 30.0 Å². The van der Waals surface area contributed by atoms with E-state index in [0.29, 0.717) is 17.1 Å². The van der Waals surface area contributed by atoms with Crippen molar-refractivity contribution in [2.24, 2.45) is 0 Å². The third-order valence-corrected chi connectivity index (χ3v) is 2.65. The van der Waals surface area contributed by atoms with Crippen molar-refractivity contribution in [3.05, 3.63) is 36.8 Å². The van der Waals surface area contributed by atoms with Crippen LogP contribution in [0.5, 0.6) is 0 Å². The molecule has 0 radical (unpaired) electrons. The Morgan fingerprint density at radius 1 is 0.765 bits per heavy atom. The summed E-state index contributed by atoms with van der Waals surface area (Å²) in [5.41, 5.74) is 9.76. The minimum atomic E-state index is -2.95. The average Bonchev–Trinajstić information content (AvgIpc) is 2.21. The maximum atomic E-state index is 5.33. The zero-order chi connectivity index (χ0) is 13.5. The molecule has 0 saturated heterocycles. The Kier molecular flexibility index (Phi) is 6.59. The Hall–Kier alpha value is -1.28. The molecule has 17 heavy (non-hydrogen) atoms. The van der Waals surface area contributed by atoms with Gasteiger partial charge < -0.3 is 0 Å². The van der Waals surface area contributed by atoms with Gasteiger partial charge >= 0.3 is 8.80 Å². The largest absolute Gasteiger partial charge is 0.563 e. The number of hydroxylamine groups is 3. The molecule has 0 unspecified atom stereocenters. The molecule has 7 heteroatoms. The molecule has 0 aromatic carbocycles. The Morgan fingerprint density at radius 2 is 1.00 bits per heavy atom. The molecule has 98 valence electrons. The van der Waals surface area contributed by atoms with E-state index in [0.717, 1.165) is 0 Å². The SMILES string of the molecule is C=C(C)NO[Si](C)(ONC(=C)C)ONC(=C)C. The van der Waals surface area contributed by atoms with Crippen molar-refractivity contribution in [3.8, 4) is 0 Å². The van der Waals surface area contributed by atoms with Gasteiger partial charge in [-0.25, -0.2) is 0 Å². The van der Waals surface area contributed by atoms with Crippen LogP contribution in [0, 0.1) is 0 Å². The number of hydrogen-bond acceptors (Lipinski definition) is 6. The molecular formula is C10H21N3O3Si. The summed E-state index contributed by atoms with van der Waals surface area (Å²) < 4.78 is 16.0. The van der Waals surface area contributed by atoms with E-state index >= 15 is 0 Å². The van der Waals surface area contributed by atoms with Gasteiger partial charge in [0.15, 0.2) is 0 Å². The zero-order valence-electron chi connectivity index (χ0n) is 10.8. The van der Waals surface area contributed by atoms with Crippen LogP contribution in [0.1, 0.15) is 20.8 Å². The van der Waals surface area contributed by atoms with E-state index in [1.54, 1.807) is 27.3 Å². The Morgan fingerprint density at radius 3 is 1.18 bits per heavy atom. The quantitative estimate of drug-likeness (QED) is 0.433. The van der Waals surface area contributed by atoms with Crippen LogP contribution in [0.3, 0.4) is 0 Å². The second kappa shape index (κ2) is 7.12. The molecule has 0 aliphatic carbocycles. The van der Waals surface area contributed by atoms with Crippen LogP contribution >= 0.6 is 0 Å². The van der Waals surface area contributed by atoms with Crippen LogP contribution in [0.25, 0.3) is 0 Å². The van der Waals surface area contributed by atoms with Crippen LogP contribution in [0.2, 0.25) is 6.55 Å². The second-order valence-electron chi connectivity index (χ2n) is 3.82. The molecule has 0 saturated carbocycles. The first kappa shape index (κ1) is 15.7. The lowest BCUT2D eigenvalue weighted by Gasteiger charge is -2.26. The molecule has 3 N–H and O–H groups in total. The van der Waals surface area contributed by atoms with Gasteiger partial charge in [-0.2, -0.15) is 0 Å². The molecule has 0 amide bonds. The number of nitrogens with one attached hydrogen (secondary N) is 3. The van der Waals surface area contributed by atoms with Crippen LogP contribution < -0.4 is 16.4 Å². The van der Waals surface area contributed by atoms with Gasteiger partial charge in [0, 0.05) is 23.6 Å². The first-order valence-corrected chi connectivity index (χ1v) is 7.26.